The Labute approximate surface area is 128 Å². The monoisotopic (exact) mass is 302 g/mol. The summed E-state index contributed by atoms with van der Waals surface area (Å²) < 4.78 is 10.6. The molecule has 1 saturated heterocycles. The second kappa shape index (κ2) is 5.91. The van der Waals surface area contributed by atoms with Crippen LogP contribution in [0.15, 0.2) is 30.3 Å². The molecule has 1 aromatic carbocycles. The first-order chi connectivity index (χ1) is 10.6. The summed E-state index contributed by atoms with van der Waals surface area (Å²) in [6.07, 6.45) is 3.36. The molecule has 1 aliphatic heterocycles. The Kier molecular flexibility index (Phi) is 3.96. The number of hydrogen-bond acceptors (Lipinski definition) is 5. The van der Waals surface area contributed by atoms with Crippen molar-refractivity contribution in [1.29, 1.82) is 0 Å². The molecule has 0 radical (unpaired) electrons. The number of carbonyl (C=O) groups excluding carboxylic acids is 3. The highest BCUT2D eigenvalue weighted by Gasteiger charge is 2.52. The fraction of sp³-hybridized carbons (Fsp3) is 0.471. The average Bonchev–Trinajstić information content (AvgIpc) is 2.93. The van der Waals surface area contributed by atoms with Crippen LogP contribution in [-0.2, 0) is 30.3 Å². The van der Waals surface area contributed by atoms with E-state index >= 15 is 0 Å². The van der Waals surface area contributed by atoms with Gasteiger partial charge in [0.25, 0.3) is 5.79 Å². The summed E-state index contributed by atoms with van der Waals surface area (Å²) in [6, 6.07) is 9.46. The van der Waals surface area contributed by atoms with Crippen molar-refractivity contribution >= 4 is 17.7 Å². The van der Waals surface area contributed by atoms with Gasteiger partial charge in [-0.25, -0.2) is 0 Å². The van der Waals surface area contributed by atoms with E-state index in [2.05, 4.69) is 0 Å². The summed E-state index contributed by atoms with van der Waals surface area (Å²) in [5.74, 6) is -4.47. The minimum atomic E-state index is -1.42. The number of benzene rings is 1. The molecule has 0 atom stereocenters. The maximum atomic E-state index is 12.2. The van der Waals surface area contributed by atoms with Crippen LogP contribution in [0.5, 0.6) is 0 Å². The molecule has 22 heavy (non-hydrogen) atoms. The number of esters is 2. The first kappa shape index (κ1) is 14.8. The molecule has 0 amide bonds. The normalized spacial score (nSPS) is 20.7. The topological polar surface area (TPSA) is 69.7 Å². The number of carbonyl (C=O) groups is 3. The zero-order valence-electron chi connectivity index (χ0n) is 12.2. The van der Waals surface area contributed by atoms with Gasteiger partial charge in [0.05, 0.1) is 0 Å². The molecule has 1 saturated carbocycles. The molecular formula is C17H18O5. The summed E-state index contributed by atoms with van der Waals surface area (Å²) in [5, 5.41) is 0. The minimum absolute atomic E-state index is 0.117. The van der Waals surface area contributed by atoms with Gasteiger partial charge in [0.2, 0.25) is 5.92 Å². The third-order valence-electron chi connectivity index (χ3n) is 4.23. The van der Waals surface area contributed by atoms with Crippen LogP contribution in [0.2, 0.25) is 0 Å². The molecule has 1 aliphatic carbocycles. The molecule has 2 aliphatic rings. The van der Waals surface area contributed by atoms with Crippen molar-refractivity contribution in [3.63, 3.8) is 0 Å². The Hall–Kier alpha value is -2.17. The van der Waals surface area contributed by atoms with E-state index in [1.165, 1.54) is 0 Å². The van der Waals surface area contributed by atoms with Crippen molar-refractivity contribution < 1.29 is 23.9 Å². The summed E-state index contributed by atoms with van der Waals surface area (Å²) >= 11 is 0. The van der Waals surface area contributed by atoms with Crippen LogP contribution in [0.3, 0.4) is 0 Å². The number of ether oxygens (including phenoxy) is 2. The van der Waals surface area contributed by atoms with Gasteiger partial charge >= 0.3 is 11.9 Å². The van der Waals surface area contributed by atoms with Crippen molar-refractivity contribution in [2.45, 2.75) is 44.3 Å². The fourth-order valence-electron chi connectivity index (χ4n) is 3.04. The standard InChI is InChI=1S/C17H18O5/c18-13(9-8-12-6-2-1-3-7-12)14-15(19)21-17(22-16(14)20)10-4-5-11-17/h1-3,6-7,14H,4-5,8-11H2. The number of ketones is 1. The third-order valence-corrected chi connectivity index (χ3v) is 4.23. The number of rotatable bonds is 4. The predicted octanol–water partition coefficient (Wildman–Crippen LogP) is 2.17. The Morgan fingerprint density at radius 2 is 1.64 bits per heavy atom. The van der Waals surface area contributed by atoms with Crippen molar-refractivity contribution in [3.05, 3.63) is 35.9 Å². The van der Waals surface area contributed by atoms with E-state index in [4.69, 9.17) is 9.47 Å². The number of Topliss-reactive ketones (excluding diaryl/α,β-unsaturated/α-hetero) is 1. The number of hydrogen-bond donors (Lipinski definition) is 0. The molecule has 2 fully saturated rings. The van der Waals surface area contributed by atoms with Gasteiger partial charge in [-0.3, -0.25) is 14.4 Å². The van der Waals surface area contributed by atoms with Crippen LogP contribution in [0, 0.1) is 5.92 Å². The van der Waals surface area contributed by atoms with Gasteiger partial charge in [0.1, 0.15) is 0 Å². The SMILES string of the molecule is O=C(CCc1ccccc1)C1C(=O)OC2(CCCC2)OC1=O. The van der Waals surface area contributed by atoms with E-state index < -0.39 is 29.4 Å². The van der Waals surface area contributed by atoms with Crippen LogP contribution in [0.4, 0.5) is 0 Å². The van der Waals surface area contributed by atoms with E-state index in [-0.39, 0.29) is 6.42 Å². The number of aryl methyl sites for hydroxylation is 1. The molecule has 116 valence electrons. The maximum Gasteiger partial charge on any atom is 0.331 e. The Morgan fingerprint density at radius 1 is 1.05 bits per heavy atom. The molecule has 3 rings (SSSR count). The summed E-state index contributed by atoms with van der Waals surface area (Å²) in [6.45, 7) is 0. The van der Waals surface area contributed by atoms with Crippen LogP contribution in [0.25, 0.3) is 0 Å². The molecule has 0 bridgehead atoms. The van der Waals surface area contributed by atoms with Gasteiger partial charge < -0.3 is 9.47 Å². The summed E-state index contributed by atoms with van der Waals surface area (Å²) in [5.41, 5.74) is 0.987. The lowest BCUT2D eigenvalue weighted by Crippen LogP contribution is -2.50. The zero-order chi connectivity index (χ0) is 15.6. The van der Waals surface area contributed by atoms with E-state index in [1.54, 1.807) is 0 Å². The third kappa shape index (κ3) is 2.89. The largest absolute Gasteiger partial charge is 0.422 e. The molecular weight excluding hydrogens is 284 g/mol. The zero-order valence-corrected chi connectivity index (χ0v) is 12.2. The summed E-state index contributed by atoms with van der Waals surface area (Å²) in [4.78, 5) is 36.3. The average molecular weight is 302 g/mol. The van der Waals surface area contributed by atoms with E-state index in [1.807, 2.05) is 30.3 Å². The van der Waals surface area contributed by atoms with Crippen molar-refractivity contribution in [3.8, 4) is 0 Å². The van der Waals surface area contributed by atoms with Crippen LogP contribution >= 0.6 is 0 Å². The fourth-order valence-corrected chi connectivity index (χ4v) is 3.04. The minimum Gasteiger partial charge on any atom is -0.422 e. The molecule has 0 aromatic heterocycles. The van der Waals surface area contributed by atoms with Crippen molar-refractivity contribution in [1.82, 2.24) is 0 Å². The van der Waals surface area contributed by atoms with Gasteiger partial charge in [0.15, 0.2) is 5.78 Å². The van der Waals surface area contributed by atoms with Crippen LogP contribution < -0.4 is 0 Å². The second-order valence-corrected chi connectivity index (χ2v) is 5.84. The highest BCUT2D eigenvalue weighted by molar-refractivity contribution is 6.15. The van der Waals surface area contributed by atoms with E-state index in [9.17, 15) is 14.4 Å². The molecule has 0 N–H and O–H groups in total. The van der Waals surface area contributed by atoms with Gasteiger partial charge in [-0.05, 0) is 24.8 Å². The van der Waals surface area contributed by atoms with Crippen molar-refractivity contribution in [2.75, 3.05) is 0 Å². The van der Waals surface area contributed by atoms with Gasteiger partial charge in [-0.15, -0.1) is 0 Å². The smallest absolute Gasteiger partial charge is 0.331 e. The van der Waals surface area contributed by atoms with Gasteiger partial charge in [-0.2, -0.15) is 0 Å². The lowest BCUT2D eigenvalue weighted by Gasteiger charge is -2.34. The highest BCUT2D eigenvalue weighted by atomic mass is 16.7. The molecule has 5 heteroatoms. The van der Waals surface area contributed by atoms with Gasteiger partial charge in [0, 0.05) is 19.3 Å². The first-order valence-electron chi connectivity index (χ1n) is 7.62. The Balaban J connectivity index is 1.63. The predicted molar refractivity (Wildman–Crippen MR) is 76.6 cm³/mol. The first-order valence-corrected chi connectivity index (χ1v) is 7.62. The molecule has 0 unspecified atom stereocenters. The van der Waals surface area contributed by atoms with Crippen molar-refractivity contribution in [2.24, 2.45) is 5.92 Å². The van der Waals surface area contributed by atoms with E-state index in [0.29, 0.717) is 19.3 Å². The lowest BCUT2D eigenvalue weighted by molar-refractivity contribution is -0.248. The van der Waals surface area contributed by atoms with Crippen LogP contribution in [-0.4, -0.2) is 23.5 Å². The highest BCUT2D eigenvalue weighted by Crippen LogP contribution is 2.38. The van der Waals surface area contributed by atoms with E-state index in [0.717, 1.165) is 18.4 Å². The van der Waals surface area contributed by atoms with Gasteiger partial charge in [-0.1, -0.05) is 30.3 Å². The molecule has 1 aromatic rings. The Morgan fingerprint density at radius 3 is 2.23 bits per heavy atom. The molecule has 1 spiro atoms. The Bertz CT molecular complexity index is 566. The quantitative estimate of drug-likeness (QED) is 0.630. The van der Waals surface area contributed by atoms with Crippen LogP contribution in [0.1, 0.15) is 37.7 Å². The molecule has 5 nitrogen and oxygen atoms in total. The summed E-state index contributed by atoms with van der Waals surface area (Å²) in [7, 11) is 0. The second-order valence-electron chi connectivity index (χ2n) is 5.84. The molecule has 1 heterocycles. The maximum absolute atomic E-state index is 12.2. The lowest BCUT2D eigenvalue weighted by atomic mass is 9.96.